The highest BCUT2D eigenvalue weighted by molar-refractivity contribution is 5.76. The number of hydrogen-bond donors (Lipinski definition) is 2. The number of hydrogen-bond acceptors (Lipinski definition) is 8. The number of rotatable bonds is 9. The van der Waals surface area contributed by atoms with Crippen LogP contribution < -0.4 is 22.2 Å². The summed E-state index contributed by atoms with van der Waals surface area (Å²) < 4.78 is 55.5. The van der Waals surface area contributed by atoms with Gasteiger partial charge in [-0.25, -0.2) is 14.4 Å². The van der Waals surface area contributed by atoms with E-state index in [2.05, 4.69) is 25.1 Å². The van der Waals surface area contributed by atoms with Crippen molar-refractivity contribution < 1.29 is 17.6 Å². The van der Waals surface area contributed by atoms with Crippen molar-refractivity contribution in [3.05, 3.63) is 116 Å². The lowest BCUT2D eigenvalue weighted by Gasteiger charge is -2.32. The van der Waals surface area contributed by atoms with E-state index in [1.807, 2.05) is 54.8 Å². The third-order valence-electron chi connectivity index (χ3n) is 10.4. The highest BCUT2D eigenvalue weighted by Crippen LogP contribution is 2.31. The first-order valence-corrected chi connectivity index (χ1v) is 18.6. The predicted octanol–water partition coefficient (Wildman–Crippen LogP) is 5.25. The molecule has 4 heterocycles. The van der Waals surface area contributed by atoms with Gasteiger partial charge in [0, 0.05) is 44.8 Å². The van der Waals surface area contributed by atoms with E-state index in [4.69, 9.17) is 5.73 Å². The first kappa shape index (κ1) is 39.2. The van der Waals surface area contributed by atoms with Gasteiger partial charge in [0.1, 0.15) is 5.82 Å². The van der Waals surface area contributed by atoms with Crippen LogP contribution in [0.4, 0.5) is 17.6 Å². The van der Waals surface area contributed by atoms with Gasteiger partial charge in [0.15, 0.2) is 0 Å². The van der Waals surface area contributed by atoms with Gasteiger partial charge in [0.05, 0.1) is 40.0 Å². The van der Waals surface area contributed by atoms with Gasteiger partial charge in [0.25, 0.3) is 11.1 Å². The Morgan fingerprint density at radius 1 is 0.722 bits per heavy atom. The number of nitrogens with one attached hydrogen (secondary N) is 1. The zero-order valence-electron chi connectivity index (χ0n) is 30.8. The molecule has 14 heteroatoms. The predicted molar refractivity (Wildman–Crippen MR) is 203 cm³/mol. The molecule has 7 rings (SSSR count). The molecule has 5 aromatic rings. The Labute approximate surface area is 311 Å². The second-order valence-corrected chi connectivity index (χ2v) is 14.5. The van der Waals surface area contributed by atoms with Crippen LogP contribution in [0.1, 0.15) is 47.9 Å². The average Bonchev–Trinajstić information content (AvgIpc) is 3.14. The molecule has 2 fully saturated rings. The summed E-state index contributed by atoms with van der Waals surface area (Å²) in [7, 11) is 0. The fourth-order valence-corrected chi connectivity index (χ4v) is 7.19. The maximum absolute atomic E-state index is 13.8. The second kappa shape index (κ2) is 17.3. The lowest BCUT2D eigenvalue weighted by Crippen LogP contribution is -2.43. The van der Waals surface area contributed by atoms with Crippen molar-refractivity contribution in [2.45, 2.75) is 77.4 Å². The minimum Gasteiger partial charge on any atom is -0.328 e. The molecule has 0 saturated carbocycles. The van der Waals surface area contributed by atoms with E-state index in [-0.39, 0.29) is 17.2 Å². The molecule has 10 nitrogen and oxygen atoms in total. The van der Waals surface area contributed by atoms with Gasteiger partial charge >= 0.3 is 6.18 Å². The molecule has 2 aliphatic rings. The van der Waals surface area contributed by atoms with E-state index >= 15 is 0 Å². The summed E-state index contributed by atoms with van der Waals surface area (Å²) in [6, 6.07) is 15.5. The van der Waals surface area contributed by atoms with E-state index in [0.717, 1.165) is 110 Å². The summed E-state index contributed by atoms with van der Waals surface area (Å²) in [6.07, 6.45) is 1.93. The number of benzene rings is 3. The Bertz CT molecular complexity index is 2170. The second-order valence-electron chi connectivity index (χ2n) is 14.5. The fourth-order valence-electron chi connectivity index (χ4n) is 7.19. The zero-order chi connectivity index (χ0) is 38.4. The largest absolute Gasteiger partial charge is 0.419 e. The molecule has 0 spiro atoms. The lowest BCUT2D eigenvalue weighted by molar-refractivity contribution is -0.140. The number of aromatic nitrogens is 4. The third-order valence-corrected chi connectivity index (χ3v) is 10.4. The number of aryl methyl sites for hydroxylation is 2. The molecule has 2 aromatic heterocycles. The third kappa shape index (κ3) is 9.97. The number of nitrogens with two attached hydrogens (primary N) is 1. The van der Waals surface area contributed by atoms with Gasteiger partial charge in [-0.05, 0) is 119 Å². The summed E-state index contributed by atoms with van der Waals surface area (Å²) >= 11 is 0. The maximum atomic E-state index is 13.8. The van der Waals surface area contributed by atoms with Crippen LogP contribution >= 0.6 is 0 Å². The molecule has 3 aromatic carbocycles. The quantitative estimate of drug-likeness (QED) is 0.197. The Morgan fingerprint density at radius 3 is 1.70 bits per heavy atom. The molecular formula is C40H48F4N8O2. The zero-order valence-corrected chi connectivity index (χ0v) is 30.8. The standard InChI is InChI=1S/C24H26F4N4O.C16H22N4O/c1-16-2-5-21-22(12-16)32(23(33)15-30-21)11-10-31-8-6-18(7-9-31)29-14-17-3-4-19(20(25)13-17)24(26,27)28;1-12-2-3-14-15(10-12)20(16(21)11-18-14)9-8-19-6-4-13(17)5-7-19/h2-5,12-13,15,18,29H,6-11,14H2,1H3;2-3,10-11,13H,4-9,17H2,1H3. The summed E-state index contributed by atoms with van der Waals surface area (Å²) in [6.45, 7) is 11.0. The van der Waals surface area contributed by atoms with Gasteiger partial charge in [-0.15, -0.1) is 0 Å². The molecule has 54 heavy (non-hydrogen) atoms. The number of fused-ring (bicyclic) bond motifs is 2. The van der Waals surface area contributed by atoms with Crippen molar-refractivity contribution in [1.82, 2.24) is 34.2 Å². The van der Waals surface area contributed by atoms with Crippen molar-refractivity contribution in [2.24, 2.45) is 5.73 Å². The van der Waals surface area contributed by atoms with Gasteiger partial charge in [-0.1, -0.05) is 18.2 Å². The highest BCUT2D eigenvalue weighted by Gasteiger charge is 2.34. The smallest absolute Gasteiger partial charge is 0.328 e. The van der Waals surface area contributed by atoms with Gasteiger partial charge < -0.3 is 30.0 Å². The van der Waals surface area contributed by atoms with E-state index in [0.29, 0.717) is 31.2 Å². The van der Waals surface area contributed by atoms with Crippen LogP contribution in [-0.4, -0.2) is 80.3 Å². The van der Waals surface area contributed by atoms with Crippen molar-refractivity contribution >= 4 is 22.1 Å². The Hall–Kier alpha value is -4.50. The Morgan fingerprint density at radius 2 is 1.22 bits per heavy atom. The van der Waals surface area contributed by atoms with Crippen molar-refractivity contribution in [3.63, 3.8) is 0 Å². The number of halogens is 4. The molecule has 0 aliphatic carbocycles. The molecule has 0 unspecified atom stereocenters. The molecule has 0 bridgehead atoms. The van der Waals surface area contributed by atoms with E-state index < -0.39 is 17.6 Å². The number of alkyl halides is 3. The van der Waals surface area contributed by atoms with Gasteiger partial charge in [-0.3, -0.25) is 9.59 Å². The van der Waals surface area contributed by atoms with Crippen LogP contribution in [-0.2, 0) is 25.8 Å². The number of piperidine rings is 2. The molecule has 2 saturated heterocycles. The van der Waals surface area contributed by atoms with Crippen LogP contribution in [0.15, 0.2) is 76.6 Å². The summed E-state index contributed by atoms with van der Waals surface area (Å²) in [5.41, 5.74) is 10.7. The van der Waals surface area contributed by atoms with E-state index in [9.17, 15) is 27.2 Å². The lowest BCUT2D eigenvalue weighted by atomic mass is 10.0. The van der Waals surface area contributed by atoms with Crippen LogP contribution in [0.3, 0.4) is 0 Å². The molecule has 0 amide bonds. The van der Waals surface area contributed by atoms with Crippen LogP contribution in [0.25, 0.3) is 22.1 Å². The van der Waals surface area contributed by atoms with Crippen LogP contribution in [0.2, 0.25) is 0 Å². The normalized spacial score (nSPS) is 16.5. The SMILES string of the molecule is Cc1ccc2ncc(=O)n(CCN3CCC(N)CC3)c2c1.Cc1ccc2ncc(=O)n(CCN3CCC(NCc4ccc(C(F)(F)F)c(F)c4)CC3)c2c1. The maximum Gasteiger partial charge on any atom is 0.419 e. The molecule has 2 aliphatic heterocycles. The first-order valence-electron chi connectivity index (χ1n) is 18.6. The molecule has 3 N–H and O–H groups in total. The average molecular weight is 749 g/mol. The van der Waals surface area contributed by atoms with Crippen molar-refractivity contribution in [3.8, 4) is 0 Å². The summed E-state index contributed by atoms with van der Waals surface area (Å²) in [4.78, 5) is 37.6. The monoisotopic (exact) mass is 748 g/mol. The number of likely N-dealkylation sites (tertiary alicyclic amines) is 2. The highest BCUT2D eigenvalue weighted by atomic mass is 19.4. The fraction of sp³-hybridized carbons (Fsp3) is 0.450. The Balaban J connectivity index is 0.000000203. The molecule has 0 atom stereocenters. The van der Waals surface area contributed by atoms with Crippen molar-refractivity contribution in [2.75, 3.05) is 39.3 Å². The first-order chi connectivity index (χ1) is 25.8. The van der Waals surface area contributed by atoms with Crippen LogP contribution in [0.5, 0.6) is 0 Å². The summed E-state index contributed by atoms with van der Waals surface area (Å²) in [5.74, 6) is -1.24. The van der Waals surface area contributed by atoms with Crippen molar-refractivity contribution in [1.29, 1.82) is 0 Å². The van der Waals surface area contributed by atoms with E-state index in [1.165, 1.54) is 18.5 Å². The topological polar surface area (TPSA) is 114 Å². The summed E-state index contributed by atoms with van der Waals surface area (Å²) in [5, 5.41) is 3.32. The van der Waals surface area contributed by atoms with Gasteiger partial charge in [0.2, 0.25) is 0 Å². The van der Waals surface area contributed by atoms with E-state index in [1.54, 1.807) is 4.57 Å². The minimum absolute atomic E-state index is 0.0261. The van der Waals surface area contributed by atoms with Gasteiger partial charge in [-0.2, -0.15) is 13.2 Å². The molecule has 0 radical (unpaired) electrons. The minimum atomic E-state index is -4.69. The van der Waals surface area contributed by atoms with Crippen LogP contribution in [0, 0.1) is 19.7 Å². The molecule has 288 valence electrons. The number of nitrogens with zero attached hydrogens (tertiary/aromatic N) is 6. The Kier molecular flexibility index (Phi) is 12.6. The molecular weight excluding hydrogens is 700 g/mol.